The predicted octanol–water partition coefficient (Wildman–Crippen LogP) is 0.912. The number of nitrogens with zero attached hydrogens (tertiary/aromatic N) is 3. The molecule has 0 aromatic carbocycles. The number of hydrogen-bond acceptors (Lipinski definition) is 5. The van der Waals surface area contributed by atoms with Crippen molar-refractivity contribution >= 4 is 11.7 Å². The van der Waals surface area contributed by atoms with Gasteiger partial charge in [-0.3, -0.25) is 4.79 Å². The molecule has 1 aromatic heterocycles. The number of nitrogen functional groups attached to an aromatic ring is 1. The first-order valence-corrected chi connectivity index (χ1v) is 5.48. The van der Waals surface area contributed by atoms with Crippen LogP contribution in [-0.2, 0) is 0 Å². The highest BCUT2D eigenvalue weighted by Gasteiger charge is 2.35. The molecule has 1 fully saturated rings. The van der Waals surface area contributed by atoms with Crippen molar-refractivity contribution in [2.75, 3.05) is 12.3 Å². The summed E-state index contributed by atoms with van der Waals surface area (Å²) in [6, 6.07) is 0.339. The molecular formula is C10H16N4O2. The normalized spacial score (nSPS) is 15.4. The number of nitrogens with two attached hydrogens (primary N) is 1. The van der Waals surface area contributed by atoms with E-state index in [1.165, 1.54) is 0 Å². The van der Waals surface area contributed by atoms with Gasteiger partial charge in [0.25, 0.3) is 5.91 Å². The topological polar surface area (TPSA) is 85.2 Å². The molecule has 1 aliphatic rings. The van der Waals surface area contributed by atoms with E-state index in [2.05, 4.69) is 28.8 Å². The molecule has 0 aliphatic heterocycles. The zero-order valence-corrected chi connectivity index (χ0v) is 9.51. The van der Waals surface area contributed by atoms with E-state index >= 15 is 0 Å². The van der Waals surface area contributed by atoms with E-state index in [-0.39, 0.29) is 17.4 Å². The summed E-state index contributed by atoms with van der Waals surface area (Å²) in [5.74, 6) is 0.319. The molecule has 0 saturated heterocycles. The van der Waals surface area contributed by atoms with E-state index < -0.39 is 0 Å². The minimum absolute atomic E-state index is 0.0689. The summed E-state index contributed by atoms with van der Waals surface area (Å²) in [5, 5.41) is 6.97. The number of carbonyl (C=O) groups excluding carboxylic acids is 1. The van der Waals surface area contributed by atoms with Crippen LogP contribution in [0.1, 0.15) is 37.2 Å². The van der Waals surface area contributed by atoms with Gasteiger partial charge < -0.3 is 10.6 Å². The molecule has 1 saturated carbocycles. The molecule has 0 unspecified atom stereocenters. The van der Waals surface area contributed by atoms with Crippen LogP contribution >= 0.6 is 0 Å². The van der Waals surface area contributed by atoms with Crippen molar-refractivity contribution in [2.45, 2.75) is 32.7 Å². The Hall–Kier alpha value is -1.59. The zero-order chi connectivity index (χ0) is 11.7. The van der Waals surface area contributed by atoms with E-state index in [0.717, 1.165) is 19.4 Å². The van der Waals surface area contributed by atoms with Crippen LogP contribution < -0.4 is 5.73 Å². The van der Waals surface area contributed by atoms with Crippen LogP contribution in [-0.4, -0.2) is 33.7 Å². The first kappa shape index (κ1) is 10.9. The molecule has 0 atom stereocenters. The molecule has 2 N–H and O–H groups in total. The predicted molar refractivity (Wildman–Crippen MR) is 57.6 cm³/mol. The van der Waals surface area contributed by atoms with Crippen LogP contribution in [0.2, 0.25) is 0 Å². The van der Waals surface area contributed by atoms with Gasteiger partial charge >= 0.3 is 0 Å². The molecule has 1 amide bonds. The van der Waals surface area contributed by atoms with Crippen molar-refractivity contribution < 1.29 is 9.42 Å². The Labute approximate surface area is 93.7 Å². The number of hydrogen-bond donors (Lipinski definition) is 1. The zero-order valence-electron chi connectivity index (χ0n) is 9.51. The van der Waals surface area contributed by atoms with Crippen LogP contribution in [0.3, 0.4) is 0 Å². The van der Waals surface area contributed by atoms with Crippen molar-refractivity contribution in [2.24, 2.45) is 5.92 Å². The monoisotopic (exact) mass is 224 g/mol. The third kappa shape index (κ3) is 2.15. The van der Waals surface area contributed by atoms with Gasteiger partial charge in [-0.25, -0.2) is 4.63 Å². The van der Waals surface area contributed by atoms with Crippen LogP contribution in [0.5, 0.6) is 0 Å². The van der Waals surface area contributed by atoms with Gasteiger partial charge in [-0.05, 0) is 29.1 Å². The van der Waals surface area contributed by atoms with Gasteiger partial charge in [0.1, 0.15) is 0 Å². The van der Waals surface area contributed by atoms with Crippen molar-refractivity contribution in [1.29, 1.82) is 0 Å². The molecule has 1 aromatic rings. The molecular weight excluding hydrogens is 208 g/mol. The SMILES string of the molecule is CC(C)CN(C(=O)c1nonc1N)C1CC1. The largest absolute Gasteiger partial charge is 0.379 e. The second kappa shape index (κ2) is 4.11. The summed E-state index contributed by atoms with van der Waals surface area (Å²) in [4.78, 5) is 13.9. The lowest BCUT2D eigenvalue weighted by Gasteiger charge is -2.23. The first-order valence-electron chi connectivity index (χ1n) is 5.48. The quantitative estimate of drug-likeness (QED) is 0.821. The fraction of sp³-hybridized carbons (Fsp3) is 0.700. The Morgan fingerprint density at radius 1 is 1.56 bits per heavy atom. The minimum Gasteiger partial charge on any atom is -0.379 e. The van der Waals surface area contributed by atoms with Crippen LogP contribution in [0.25, 0.3) is 0 Å². The molecule has 6 heteroatoms. The van der Waals surface area contributed by atoms with E-state index in [1.807, 2.05) is 4.90 Å². The highest BCUT2D eigenvalue weighted by Crippen LogP contribution is 2.29. The molecule has 1 heterocycles. The van der Waals surface area contributed by atoms with E-state index in [0.29, 0.717) is 12.0 Å². The molecule has 88 valence electrons. The Morgan fingerprint density at radius 2 is 2.25 bits per heavy atom. The summed E-state index contributed by atoms with van der Waals surface area (Å²) >= 11 is 0. The van der Waals surface area contributed by atoms with E-state index in [9.17, 15) is 4.79 Å². The first-order chi connectivity index (χ1) is 7.59. The fourth-order valence-electron chi connectivity index (χ4n) is 1.66. The molecule has 1 aliphatic carbocycles. The molecule has 16 heavy (non-hydrogen) atoms. The van der Waals surface area contributed by atoms with Gasteiger partial charge in [0.15, 0.2) is 0 Å². The van der Waals surface area contributed by atoms with Gasteiger partial charge in [0.05, 0.1) is 0 Å². The maximum atomic E-state index is 12.1. The third-order valence-corrected chi connectivity index (χ3v) is 2.53. The van der Waals surface area contributed by atoms with Crippen molar-refractivity contribution in [1.82, 2.24) is 15.2 Å². The lowest BCUT2D eigenvalue weighted by atomic mass is 10.2. The number of carbonyl (C=O) groups is 1. The maximum Gasteiger partial charge on any atom is 0.280 e. The maximum absolute atomic E-state index is 12.1. The lowest BCUT2D eigenvalue weighted by molar-refractivity contribution is 0.0712. The summed E-state index contributed by atoms with van der Waals surface area (Å²) in [5.41, 5.74) is 5.65. The lowest BCUT2D eigenvalue weighted by Crippen LogP contribution is -2.36. The number of rotatable bonds is 4. The Balaban J connectivity index is 2.14. The smallest absolute Gasteiger partial charge is 0.280 e. The number of anilines is 1. The number of amides is 1. The number of aromatic nitrogens is 2. The van der Waals surface area contributed by atoms with Crippen LogP contribution in [0.4, 0.5) is 5.82 Å². The molecule has 0 bridgehead atoms. The second-order valence-electron chi connectivity index (χ2n) is 4.58. The summed E-state index contributed by atoms with van der Waals surface area (Å²) < 4.78 is 4.45. The third-order valence-electron chi connectivity index (χ3n) is 2.53. The Morgan fingerprint density at radius 3 is 2.69 bits per heavy atom. The summed E-state index contributed by atoms with van der Waals surface area (Å²) in [6.07, 6.45) is 2.12. The molecule has 6 nitrogen and oxygen atoms in total. The highest BCUT2D eigenvalue weighted by molar-refractivity contribution is 5.96. The summed E-state index contributed by atoms with van der Waals surface area (Å²) in [7, 11) is 0. The van der Waals surface area contributed by atoms with Crippen molar-refractivity contribution in [3.05, 3.63) is 5.69 Å². The Kier molecular flexibility index (Phi) is 2.80. The second-order valence-corrected chi connectivity index (χ2v) is 4.58. The average molecular weight is 224 g/mol. The molecule has 0 spiro atoms. The van der Waals surface area contributed by atoms with Gasteiger partial charge in [-0.1, -0.05) is 13.8 Å². The van der Waals surface area contributed by atoms with Crippen LogP contribution in [0.15, 0.2) is 4.63 Å². The summed E-state index contributed by atoms with van der Waals surface area (Å²) in [6.45, 7) is 4.87. The standard InChI is InChI=1S/C10H16N4O2/c1-6(2)5-14(7-3-4-7)10(15)8-9(11)13-16-12-8/h6-7H,3-5H2,1-2H3,(H2,11,13). The Bertz CT molecular complexity index is 384. The van der Waals surface area contributed by atoms with Crippen LogP contribution in [0, 0.1) is 5.92 Å². The molecule has 2 rings (SSSR count). The minimum atomic E-state index is -0.171. The average Bonchev–Trinajstić information content (AvgIpc) is 2.97. The fourth-order valence-corrected chi connectivity index (χ4v) is 1.66. The highest BCUT2D eigenvalue weighted by atomic mass is 16.6. The van der Waals surface area contributed by atoms with Gasteiger partial charge in [0.2, 0.25) is 11.5 Å². The van der Waals surface area contributed by atoms with E-state index in [1.54, 1.807) is 0 Å². The van der Waals surface area contributed by atoms with Crippen molar-refractivity contribution in [3.63, 3.8) is 0 Å². The van der Waals surface area contributed by atoms with Crippen molar-refractivity contribution in [3.8, 4) is 0 Å². The van der Waals surface area contributed by atoms with Gasteiger partial charge in [-0.15, -0.1) is 0 Å². The van der Waals surface area contributed by atoms with Gasteiger partial charge in [-0.2, -0.15) is 0 Å². The van der Waals surface area contributed by atoms with Gasteiger partial charge in [0, 0.05) is 12.6 Å². The van der Waals surface area contributed by atoms with E-state index in [4.69, 9.17) is 5.73 Å². The molecule has 0 radical (unpaired) electrons.